The van der Waals surface area contributed by atoms with Crippen LogP contribution in [0.25, 0.3) is 22.2 Å². The van der Waals surface area contributed by atoms with Gasteiger partial charge in [-0.25, -0.2) is 9.78 Å². The molecule has 1 amide bonds. The van der Waals surface area contributed by atoms with Gasteiger partial charge in [0.15, 0.2) is 6.61 Å². The first-order chi connectivity index (χ1) is 14.6. The maximum atomic E-state index is 12.8. The Morgan fingerprint density at radius 3 is 2.63 bits per heavy atom. The van der Waals surface area contributed by atoms with Crippen molar-refractivity contribution in [3.8, 4) is 11.3 Å². The number of rotatable bonds is 6. The molecule has 0 bridgehead atoms. The smallest absolute Gasteiger partial charge is 0.339 e. The van der Waals surface area contributed by atoms with E-state index in [1.165, 1.54) is 6.26 Å². The quantitative estimate of drug-likeness (QED) is 0.489. The van der Waals surface area contributed by atoms with E-state index in [4.69, 9.17) is 9.15 Å². The van der Waals surface area contributed by atoms with Crippen molar-refractivity contribution in [3.63, 3.8) is 0 Å². The van der Waals surface area contributed by atoms with Gasteiger partial charge >= 0.3 is 5.97 Å². The number of pyridine rings is 1. The molecule has 0 fully saturated rings. The Morgan fingerprint density at radius 1 is 1.03 bits per heavy atom. The van der Waals surface area contributed by atoms with Crippen LogP contribution in [0.2, 0.25) is 0 Å². The third-order valence-corrected chi connectivity index (χ3v) is 4.63. The van der Waals surface area contributed by atoms with Gasteiger partial charge in [0.2, 0.25) is 0 Å². The number of hydrogen-bond donors (Lipinski definition) is 1. The number of ether oxygens (including phenoxy) is 1. The van der Waals surface area contributed by atoms with E-state index in [0.29, 0.717) is 27.9 Å². The molecule has 0 aliphatic rings. The summed E-state index contributed by atoms with van der Waals surface area (Å²) in [7, 11) is 0. The highest BCUT2D eigenvalue weighted by Gasteiger charge is 2.17. The first-order valence-electron chi connectivity index (χ1n) is 9.53. The molecule has 6 heteroatoms. The monoisotopic (exact) mass is 400 g/mol. The average molecular weight is 400 g/mol. The molecule has 0 saturated heterocycles. The van der Waals surface area contributed by atoms with Crippen molar-refractivity contribution < 1.29 is 18.7 Å². The van der Waals surface area contributed by atoms with Crippen molar-refractivity contribution in [1.29, 1.82) is 0 Å². The van der Waals surface area contributed by atoms with Crippen LogP contribution in [0, 0.1) is 6.92 Å². The number of nitrogens with one attached hydrogen (secondary N) is 1. The van der Waals surface area contributed by atoms with Gasteiger partial charge in [-0.05, 0) is 37.3 Å². The van der Waals surface area contributed by atoms with E-state index in [2.05, 4.69) is 10.3 Å². The molecule has 0 aliphatic heterocycles. The van der Waals surface area contributed by atoms with Crippen LogP contribution in [-0.4, -0.2) is 23.5 Å². The van der Waals surface area contributed by atoms with E-state index in [1.54, 1.807) is 18.2 Å². The second kappa shape index (κ2) is 8.61. The second-order valence-corrected chi connectivity index (χ2v) is 6.87. The van der Waals surface area contributed by atoms with Gasteiger partial charge in [0, 0.05) is 10.9 Å². The van der Waals surface area contributed by atoms with Crippen molar-refractivity contribution >= 4 is 22.8 Å². The second-order valence-electron chi connectivity index (χ2n) is 6.87. The fourth-order valence-electron chi connectivity index (χ4n) is 3.12. The van der Waals surface area contributed by atoms with Crippen LogP contribution >= 0.6 is 0 Å². The lowest BCUT2D eigenvalue weighted by atomic mass is 10.0. The lowest BCUT2D eigenvalue weighted by molar-refractivity contribution is -0.124. The molecule has 4 aromatic rings. The minimum atomic E-state index is -0.571. The van der Waals surface area contributed by atoms with Crippen LogP contribution in [0.15, 0.2) is 77.4 Å². The summed E-state index contributed by atoms with van der Waals surface area (Å²) in [5.74, 6) is -0.353. The van der Waals surface area contributed by atoms with E-state index in [9.17, 15) is 9.59 Å². The van der Waals surface area contributed by atoms with Gasteiger partial charge in [-0.1, -0.05) is 42.0 Å². The zero-order valence-corrected chi connectivity index (χ0v) is 16.4. The van der Waals surface area contributed by atoms with Crippen LogP contribution in [0.1, 0.15) is 21.7 Å². The van der Waals surface area contributed by atoms with E-state index in [0.717, 1.165) is 11.1 Å². The highest BCUT2D eigenvalue weighted by atomic mass is 16.5. The van der Waals surface area contributed by atoms with Crippen molar-refractivity contribution in [1.82, 2.24) is 10.3 Å². The lowest BCUT2D eigenvalue weighted by Gasteiger charge is -2.11. The summed E-state index contributed by atoms with van der Waals surface area (Å²) in [5, 5.41) is 3.34. The van der Waals surface area contributed by atoms with Crippen molar-refractivity contribution in [2.45, 2.75) is 13.5 Å². The van der Waals surface area contributed by atoms with Crippen molar-refractivity contribution in [2.24, 2.45) is 0 Å². The number of hydrogen-bond acceptors (Lipinski definition) is 5. The number of esters is 1. The molecule has 0 saturated carbocycles. The summed E-state index contributed by atoms with van der Waals surface area (Å²) >= 11 is 0. The summed E-state index contributed by atoms with van der Waals surface area (Å²) in [6, 6.07) is 20.5. The van der Waals surface area contributed by atoms with Crippen LogP contribution < -0.4 is 5.32 Å². The summed E-state index contributed by atoms with van der Waals surface area (Å²) in [6.07, 6.45) is 1.53. The topological polar surface area (TPSA) is 81.4 Å². The molecule has 2 aromatic carbocycles. The number of aromatic nitrogens is 1. The number of nitrogens with zero attached hydrogens (tertiary/aromatic N) is 1. The van der Waals surface area contributed by atoms with E-state index < -0.39 is 11.9 Å². The number of carbonyl (C=O) groups excluding carboxylic acids is 2. The van der Waals surface area contributed by atoms with Crippen molar-refractivity contribution in [2.75, 3.05) is 6.61 Å². The number of carbonyl (C=O) groups is 2. The molecule has 0 unspecified atom stereocenters. The van der Waals surface area contributed by atoms with Crippen LogP contribution in [0.4, 0.5) is 0 Å². The molecule has 1 N–H and O–H groups in total. The molecule has 2 heterocycles. The minimum absolute atomic E-state index is 0.235. The number of benzene rings is 2. The summed E-state index contributed by atoms with van der Waals surface area (Å²) in [4.78, 5) is 29.6. The number of fused-ring (bicyclic) bond motifs is 1. The molecule has 30 heavy (non-hydrogen) atoms. The van der Waals surface area contributed by atoms with Gasteiger partial charge in [0.25, 0.3) is 5.91 Å². The van der Waals surface area contributed by atoms with E-state index in [1.807, 2.05) is 55.5 Å². The Labute approximate surface area is 173 Å². The van der Waals surface area contributed by atoms with Gasteiger partial charge in [0.1, 0.15) is 5.76 Å². The first kappa shape index (κ1) is 19.4. The van der Waals surface area contributed by atoms with E-state index >= 15 is 0 Å². The SMILES string of the molecule is Cc1ccc2nc(-c3ccccc3)cc(C(=O)OCC(=O)NCc3ccco3)c2c1. The lowest BCUT2D eigenvalue weighted by Crippen LogP contribution is -2.28. The van der Waals surface area contributed by atoms with Crippen LogP contribution in [0.5, 0.6) is 0 Å². The molecule has 2 aromatic heterocycles. The molecule has 6 nitrogen and oxygen atoms in total. The molecular weight excluding hydrogens is 380 g/mol. The van der Waals surface area contributed by atoms with Gasteiger partial charge < -0.3 is 14.5 Å². The van der Waals surface area contributed by atoms with Crippen LogP contribution in [0.3, 0.4) is 0 Å². The van der Waals surface area contributed by atoms with Gasteiger partial charge in [0.05, 0.1) is 29.6 Å². The number of amides is 1. The molecule has 0 spiro atoms. The number of furan rings is 1. The van der Waals surface area contributed by atoms with Crippen LogP contribution in [-0.2, 0) is 16.1 Å². The molecule has 4 rings (SSSR count). The Kier molecular flexibility index (Phi) is 5.57. The summed E-state index contributed by atoms with van der Waals surface area (Å²) in [5.41, 5.74) is 3.63. The maximum Gasteiger partial charge on any atom is 0.339 e. The fourth-order valence-corrected chi connectivity index (χ4v) is 3.12. The molecule has 0 aliphatic carbocycles. The predicted octanol–water partition coefficient (Wildman–Crippen LogP) is 4.28. The normalized spacial score (nSPS) is 10.7. The Balaban J connectivity index is 1.56. The zero-order valence-electron chi connectivity index (χ0n) is 16.4. The molecule has 0 radical (unpaired) electrons. The van der Waals surface area contributed by atoms with Gasteiger partial charge in [-0.3, -0.25) is 4.79 Å². The largest absolute Gasteiger partial charge is 0.467 e. The van der Waals surface area contributed by atoms with Gasteiger partial charge in [-0.15, -0.1) is 0 Å². The highest BCUT2D eigenvalue weighted by Crippen LogP contribution is 2.26. The first-order valence-corrected chi connectivity index (χ1v) is 9.53. The molecular formula is C24H20N2O4. The minimum Gasteiger partial charge on any atom is -0.467 e. The third-order valence-electron chi connectivity index (χ3n) is 4.63. The maximum absolute atomic E-state index is 12.8. The van der Waals surface area contributed by atoms with Crippen molar-refractivity contribution in [3.05, 3.63) is 89.9 Å². The average Bonchev–Trinajstić information content (AvgIpc) is 3.29. The molecule has 150 valence electrons. The fraction of sp³-hybridized carbons (Fsp3) is 0.125. The Bertz CT molecular complexity index is 1180. The third kappa shape index (κ3) is 4.38. The Hall–Kier alpha value is -3.93. The summed E-state index contributed by atoms with van der Waals surface area (Å²) < 4.78 is 10.5. The highest BCUT2D eigenvalue weighted by molar-refractivity contribution is 6.05. The summed E-state index contributed by atoms with van der Waals surface area (Å²) in [6.45, 7) is 1.80. The molecule has 0 atom stereocenters. The zero-order chi connectivity index (χ0) is 20.9. The van der Waals surface area contributed by atoms with E-state index in [-0.39, 0.29) is 13.2 Å². The Morgan fingerprint density at radius 2 is 1.87 bits per heavy atom. The predicted molar refractivity (Wildman–Crippen MR) is 113 cm³/mol. The van der Waals surface area contributed by atoms with Gasteiger partial charge in [-0.2, -0.15) is 0 Å². The standard InChI is InChI=1S/C24H20N2O4/c1-16-9-10-21-19(12-16)20(13-22(26-21)17-6-3-2-4-7-17)24(28)30-15-23(27)25-14-18-8-5-11-29-18/h2-13H,14-15H2,1H3,(H,25,27). The number of aryl methyl sites for hydroxylation is 1.